The predicted octanol–water partition coefficient (Wildman–Crippen LogP) is 0.287. The van der Waals surface area contributed by atoms with E-state index in [1.807, 2.05) is 0 Å². The van der Waals surface area contributed by atoms with Gasteiger partial charge in [0.05, 0.1) is 12.5 Å². The lowest BCUT2D eigenvalue weighted by atomic mass is 10.1. The minimum Gasteiger partial charge on any atom is -0.393 e. The van der Waals surface area contributed by atoms with E-state index < -0.39 is 0 Å². The SMILES string of the molecule is C#CCC(=O)NCC1CCCC1O. The van der Waals surface area contributed by atoms with Crippen LogP contribution in [-0.4, -0.2) is 23.7 Å². The first-order chi connectivity index (χ1) is 6.24. The molecule has 0 bridgehead atoms. The van der Waals surface area contributed by atoms with Crippen molar-refractivity contribution in [2.75, 3.05) is 6.54 Å². The Morgan fingerprint density at radius 3 is 2.92 bits per heavy atom. The van der Waals surface area contributed by atoms with E-state index in [0.717, 1.165) is 19.3 Å². The van der Waals surface area contributed by atoms with Gasteiger partial charge in [0.2, 0.25) is 5.91 Å². The van der Waals surface area contributed by atoms with Gasteiger partial charge in [0.25, 0.3) is 0 Å². The molecule has 13 heavy (non-hydrogen) atoms. The number of nitrogens with one attached hydrogen (secondary N) is 1. The molecule has 0 aromatic carbocycles. The zero-order valence-corrected chi connectivity index (χ0v) is 7.62. The number of hydrogen-bond donors (Lipinski definition) is 2. The normalized spacial score (nSPS) is 26.8. The second kappa shape index (κ2) is 4.88. The maximum Gasteiger partial charge on any atom is 0.232 e. The molecule has 0 heterocycles. The minimum absolute atomic E-state index is 0.124. The average molecular weight is 181 g/mol. The molecular formula is C10H15NO2. The molecule has 0 aliphatic heterocycles. The Balaban J connectivity index is 2.19. The van der Waals surface area contributed by atoms with Crippen LogP contribution >= 0.6 is 0 Å². The summed E-state index contributed by atoms with van der Waals surface area (Å²) in [4.78, 5) is 11.0. The van der Waals surface area contributed by atoms with Gasteiger partial charge in [0.1, 0.15) is 0 Å². The summed E-state index contributed by atoms with van der Waals surface area (Å²) < 4.78 is 0. The van der Waals surface area contributed by atoms with Crippen molar-refractivity contribution in [3.05, 3.63) is 0 Å². The fraction of sp³-hybridized carbons (Fsp3) is 0.700. The number of carbonyl (C=O) groups is 1. The summed E-state index contributed by atoms with van der Waals surface area (Å²) in [7, 11) is 0. The topological polar surface area (TPSA) is 49.3 Å². The molecule has 0 aromatic heterocycles. The summed E-state index contributed by atoms with van der Waals surface area (Å²) in [6.45, 7) is 0.557. The zero-order chi connectivity index (χ0) is 9.68. The molecule has 3 heteroatoms. The van der Waals surface area contributed by atoms with Gasteiger partial charge in [-0.15, -0.1) is 6.42 Å². The standard InChI is InChI=1S/C10H15NO2/c1-2-4-10(13)11-7-8-5-3-6-9(8)12/h1,8-9,12H,3-7H2,(H,11,13). The molecular weight excluding hydrogens is 166 g/mol. The Morgan fingerprint density at radius 1 is 1.62 bits per heavy atom. The van der Waals surface area contributed by atoms with Crippen molar-refractivity contribution in [1.29, 1.82) is 0 Å². The van der Waals surface area contributed by atoms with Gasteiger partial charge in [-0.25, -0.2) is 0 Å². The van der Waals surface area contributed by atoms with Crippen LogP contribution in [0.1, 0.15) is 25.7 Å². The fourth-order valence-corrected chi connectivity index (χ4v) is 1.66. The Labute approximate surface area is 78.5 Å². The lowest BCUT2D eigenvalue weighted by molar-refractivity contribution is -0.120. The van der Waals surface area contributed by atoms with Crippen molar-refractivity contribution in [2.24, 2.45) is 5.92 Å². The van der Waals surface area contributed by atoms with Gasteiger partial charge in [-0.1, -0.05) is 12.3 Å². The summed E-state index contributed by atoms with van der Waals surface area (Å²) in [5.74, 6) is 2.38. The van der Waals surface area contributed by atoms with E-state index in [9.17, 15) is 9.90 Å². The minimum atomic E-state index is -0.244. The Kier molecular flexibility index (Phi) is 3.78. The first-order valence-electron chi connectivity index (χ1n) is 4.62. The summed E-state index contributed by atoms with van der Waals surface area (Å²) >= 11 is 0. The molecule has 0 aromatic rings. The summed E-state index contributed by atoms with van der Waals surface area (Å²) in [5, 5.41) is 12.2. The van der Waals surface area contributed by atoms with Crippen molar-refractivity contribution in [1.82, 2.24) is 5.32 Å². The van der Waals surface area contributed by atoms with Crippen LogP contribution in [0.2, 0.25) is 0 Å². The molecule has 2 unspecified atom stereocenters. The lowest BCUT2D eigenvalue weighted by Gasteiger charge is -2.14. The van der Waals surface area contributed by atoms with Crippen LogP contribution in [0.25, 0.3) is 0 Å². The monoisotopic (exact) mass is 181 g/mol. The molecule has 1 aliphatic rings. The number of aliphatic hydroxyl groups excluding tert-OH is 1. The van der Waals surface area contributed by atoms with E-state index in [4.69, 9.17) is 6.42 Å². The van der Waals surface area contributed by atoms with Gasteiger partial charge in [0, 0.05) is 12.5 Å². The van der Waals surface area contributed by atoms with Gasteiger partial charge >= 0.3 is 0 Å². The van der Waals surface area contributed by atoms with Gasteiger partial charge in [-0.05, 0) is 12.8 Å². The van der Waals surface area contributed by atoms with Crippen molar-refractivity contribution < 1.29 is 9.90 Å². The molecule has 72 valence electrons. The predicted molar refractivity (Wildman–Crippen MR) is 49.8 cm³/mol. The van der Waals surface area contributed by atoms with E-state index >= 15 is 0 Å². The van der Waals surface area contributed by atoms with Crippen LogP contribution < -0.4 is 5.32 Å². The Morgan fingerprint density at radius 2 is 2.38 bits per heavy atom. The van der Waals surface area contributed by atoms with Crippen LogP contribution in [0, 0.1) is 18.3 Å². The number of amides is 1. The highest BCUT2D eigenvalue weighted by atomic mass is 16.3. The molecule has 1 fully saturated rings. The van der Waals surface area contributed by atoms with Crippen LogP contribution in [0.3, 0.4) is 0 Å². The fourth-order valence-electron chi connectivity index (χ4n) is 1.66. The molecule has 1 rings (SSSR count). The van der Waals surface area contributed by atoms with Gasteiger partial charge in [-0.3, -0.25) is 4.79 Å². The van der Waals surface area contributed by atoms with Crippen molar-refractivity contribution >= 4 is 5.91 Å². The number of rotatable bonds is 3. The lowest BCUT2D eigenvalue weighted by Crippen LogP contribution is -2.32. The molecule has 0 saturated heterocycles. The summed E-state index contributed by atoms with van der Waals surface area (Å²) in [6, 6.07) is 0. The highest BCUT2D eigenvalue weighted by molar-refractivity contribution is 5.78. The molecule has 1 saturated carbocycles. The maximum absolute atomic E-state index is 11.0. The second-order valence-corrected chi connectivity index (χ2v) is 3.44. The van der Waals surface area contributed by atoms with Crippen molar-refractivity contribution in [3.8, 4) is 12.3 Å². The zero-order valence-electron chi connectivity index (χ0n) is 7.62. The van der Waals surface area contributed by atoms with Crippen molar-refractivity contribution in [3.63, 3.8) is 0 Å². The number of aliphatic hydroxyl groups is 1. The summed E-state index contributed by atoms with van der Waals surface area (Å²) in [6.07, 6.45) is 7.77. The quantitative estimate of drug-likeness (QED) is 0.615. The third kappa shape index (κ3) is 3.08. The number of hydrogen-bond acceptors (Lipinski definition) is 2. The highest BCUT2D eigenvalue weighted by Gasteiger charge is 2.24. The molecule has 2 N–H and O–H groups in total. The maximum atomic E-state index is 11.0. The summed E-state index contributed by atoms with van der Waals surface area (Å²) in [5.41, 5.74) is 0. The Bertz CT molecular complexity index is 219. The average Bonchev–Trinajstić information content (AvgIpc) is 2.48. The van der Waals surface area contributed by atoms with Gasteiger partial charge < -0.3 is 10.4 Å². The van der Waals surface area contributed by atoms with Gasteiger partial charge in [0.15, 0.2) is 0 Å². The van der Waals surface area contributed by atoms with Crippen LogP contribution in [0.5, 0.6) is 0 Å². The van der Waals surface area contributed by atoms with Crippen LogP contribution in [0.15, 0.2) is 0 Å². The van der Waals surface area contributed by atoms with Crippen LogP contribution in [-0.2, 0) is 4.79 Å². The first kappa shape index (κ1) is 10.1. The Hall–Kier alpha value is -1.01. The smallest absolute Gasteiger partial charge is 0.232 e. The van der Waals surface area contributed by atoms with E-state index in [2.05, 4.69) is 11.2 Å². The number of terminal acetylenes is 1. The first-order valence-corrected chi connectivity index (χ1v) is 4.62. The molecule has 0 spiro atoms. The van der Waals surface area contributed by atoms with E-state index in [1.54, 1.807) is 0 Å². The number of carbonyl (C=O) groups excluding carboxylic acids is 1. The molecule has 2 atom stereocenters. The largest absolute Gasteiger partial charge is 0.393 e. The second-order valence-electron chi connectivity index (χ2n) is 3.44. The van der Waals surface area contributed by atoms with E-state index in [0.29, 0.717) is 6.54 Å². The van der Waals surface area contributed by atoms with Crippen LogP contribution in [0.4, 0.5) is 0 Å². The molecule has 1 amide bonds. The van der Waals surface area contributed by atoms with E-state index in [-0.39, 0.29) is 24.3 Å². The van der Waals surface area contributed by atoms with Gasteiger partial charge in [-0.2, -0.15) is 0 Å². The molecule has 3 nitrogen and oxygen atoms in total. The molecule has 1 aliphatic carbocycles. The molecule has 0 radical (unpaired) electrons. The van der Waals surface area contributed by atoms with Crippen molar-refractivity contribution in [2.45, 2.75) is 31.8 Å². The third-order valence-corrected chi connectivity index (χ3v) is 2.44. The van der Waals surface area contributed by atoms with E-state index in [1.165, 1.54) is 0 Å². The highest BCUT2D eigenvalue weighted by Crippen LogP contribution is 2.24. The third-order valence-electron chi connectivity index (χ3n) is 2.44.